The Bertz CT molecular complexity index is 2090. The number of benzene rings is 3. The molecule has 1 aliphatic heterocycles. The molecule has 0 saturated carbocycles. The van der Waals surface area contributed by atoms with Crippen LogP contribution in [0.1, 0.15) is 5.56 Å². The average Bonchev–Trinajstić information content (AvgIpc) is 3.12. The van der Waals surface area contributed by atoms with Crippen molar-refractivity contribution >= 4 is 23.0 Å². The fourth-order valence-electron chi connectivity index (χ4n) is 5.49. The van der Waals surface area contributed by atoms with Gasteiger partial charge >= 0.3 is 6.18 Å². The number of anilines is 2. The van der Waals surface area contributed by atoms with Crippen LogP contribution in [0.25, 0.3) is 28.0 Å². The quantitative estimate of drug-likeness (QED) is 0.143. The number of methoxy groups -OCH3 is 2. The lowest BCUT2D eigenvalue weighted by Gasteiger charge is -2.32. The maximum Gasteiger partial charge on any atom is 0.406 e. The Morgan fingerprint density at radius 2 is 1.57 bits per heavy atom. The number of rotatable bonds is 10. The standard InChI is InChI=1S/C38H31F4N5O4/c1-49-33-15-10-24(17-34(33)50-2)25-16-29(36(43)45-18-25)32-14-13-27(19-44-32)46-37(48)31-21-47(22-38(40,41)42)20-30(23-8-11-26(39)12-9-23)35(31)51-28-6-4-3-5-7-28/h3-21,35H,22H2,1-2H3,(H2,43,45)(H,46,48). The molecular weight excluding hydrogens is 666 g/mol. The number of halogens is 4. The molecule has 9 nitrogen and oxygen atoms in total. The molecule has 3 heterocycles. The summed E-state index contributed by atoms with van der Waals surface area (Å²) in [7, 11) is 3.09. The van der Waals surface area contributed by atoms with Gasteiger partial charge in [0.1, 0.15) is 23.9 Å². The second-order valence-corrected chi connectivity index (χ2v) is 11.4. The molecule has 0 fully saturated rings. The molecule has 1 amide bonds. The highest BCUT2D eigenvalue weighted by Gasteiger charge is 2.36. The first-order valence-corrected chi connectivity index (χ1v) is 15.5. The lowest BCUT2D eigenvalue weighted by atomic mass is 9.93. The van der Waals surface area contributed by atoms with Gasteiger partial charge in [0, 0.05) is 35.3 Å². The fraction of sp³-hybridized carbons (Fsp3) is 0.132. The van der Waals surface area contributed by atoms with Crippen LogP contribution in [-0.4, -0.2) is 53.8 Å². The van der Waals surface area contributed by atoms with Gasteiger partial charge in [0.2, 0.25) is 0 Å². The van der Waals surface area contributed by atoms with Gasteiger partial charge < -0.3 is 30.2 Å². The molecule has 51 heavy (non-hydrogen) atoms. The number of alkyl halides is 3. The highest BCUT2D eigenvalue weighted by molar-refractivity contribution is 6.07. The van der Waals surface area contributed by atoms with E-state index in [9.17, 15) is 22.4 Å². The van der Waals surface area contributed by atoms with Crippen molar-refractivity contribution in [3.63, 3.8) is 0 Å². The third-order valence-corrected chi connectivity index (χ3v) is 7.91. The zero-order valence-corrected chi connectivity index (χ0v) is 27.3. The molecule has 3 aromatic carbocycles. The number of nitrogen functional groups attached to an aromatic ring is 1. The molecule has 0 radical (unpaired) electrons. The summed E-state index contributed by atoms with van der Waals surface area (Å²) in [5.74, 6) is 0.437. The average molecular weight is 698 g/mol. The normalized spacial score (nSPS) is 14.3. The van der Waals surface area contributed by atoms with E-state index in [1.807, 2.05) is 18.2 Å². The number of pyridine rings is 2. The summed E-state index contributed by atoms with van der Waals surface area (Å²) in [6, 6.07) is 24.2. The number of nitrogens with zero attached hydrogens (tertiary/aromatic N) is 3. The predicted molar refractivity (Wildman–Crippen MR) is 185 cm³/mol. The molecule has 3 N–H and O–H groups in total. The molecule has 1 unspecified atom stereocenters. The molecule has 13 heteroatoms. The maximum absolute atomic E-state index is 13.9. The minimum Gasteiger partial charge on any atom is -0.493 e. The van der Waals surface area contributed by atoms with Gasteiger partial charge in [-0.3, -0.25) is 9.78 Å². The number of hydrogen-bond acceptors (Lipinski definition) is 8. The van der Waals surface area contributed by atoms with E-state index in [0.717, 1.165) is 22.2 Å². The van der Waals surface area contributed by atoms with Crippen molar-refractivity contribution in [2.75, 3.05) is 31.8 Å². The number of hydrogen-bond donors (Lipinski definition) is 2. The largest absolute Gasteiger partial charge is 0.493 e. The Balaban J connectivity index is 1.30. The number of amides is 1. The van der Waals surface area contributed by atoms with Gasteiger partial charge in [-0.15, -0.1) is 0 Å². The van der Waals surface area contributed by atoms with Crippen LogP contribution in [0.3, 0.4) is 0 Å². The van der Waals surface area contributed by atoms with Gasteiger partial charge in [-0.25, -0.2) is 9.37 Å². The van der Waals surface area contributed by atoms with E-state index >= 15 is 0 Å². The molecule has 1 aliphatic rings. The number of carbonyl (C=O) groups is 1. The highest BCUT2D eigenvalue weighted by Crippen LogP contribution is 2.36. The first kappa shape index (κ1) is 34.5. The van der Waals surface area contributed by atoms with Crippen molar-refractivity contribution in [1.29, 1.82) is 0 Å². The Morgan fingerprint density at radius 1 is 0.843 bits per heavy atom. The van der Waals surface area contributed by atoms with E-state index in [1.54, 1.807) is 68.9 Å². The van der Waals surface area contributed by atoms with Crippen LogP contribution >= 0.6 is 0 Å². The molecule has 2 aromatic heterocycles. The summed E-state index contributed by atoms with van der Waals surface area (Å²) in [6.07, 6.45) is -0.385. The first-order chi connectivity index (χ1) is 24.5. The topological polar surface area (TPSA) is 112 Å². The zero-order chi connectivity index (χ0) is 36.1. The van der Waals surface area contributed by atoms with Gasteiger partial charge in [-0.2, -0.15) is 13.2 Å². The van der Waals surface area contributed by atoms with Crippen molar-refractivity contribution < 1.29 is 36.6 Å². The summed E-state index contributed by atoms with van der Waals surface area (Å²) >= 11 is 0. The molecule has 6 rings (SSSR count). The van der Waals surface area contributed by atoms with Crippen LogP contribution in [0.4, 0.5) is 29.1 Å². The maximum atomic E-state index is 13.9. The van der Waals surface area contributed by atoms with Crippen LogP contribution in [0.15, 0.2) is 121 Å². The molecule has 260 valence electrons. The van der Waals surface area contributed by atoms with Crippen molar-refractivity contribution in [3.05, 3.63) is 133 Å². The van der Waals surface area contributed by atoms with Gasteiger partial charge in [0.15, 0.2) is 17.6 Å². The van der Waals surface area contributed by atoms with Crippen LogP contribution in [0, 0.1) is 5.82 Å². The number of para-hydroxylation sites is 1. The molecule has 0 saturated heterocycles. The van der Waals surface area contributed by atoms with Crippen LogP contribution < -0.4 is 25.3 Å². The summed E-state index contributed by atoms with van der Waals surface area (Å²) < 4.78 is 71.7. The van der Waals surface area contributed by atoms with Gasteiger partial charge in [-0.05, 0) is 65.7 Å². The lowest BCUT2D eigenvalue weighted by molar-refractivity contribution is -0.136. The Morgan fingerprint density at radius 3 is 2.24 bits per heavy atom. The summed E-state index contributed by atoms with van der Waals surface area (Å²) in [5, 5.41) is 2.73. The second-order valence-electron chi connectivity index (χ2n) is 11.4. The van der Waals surface area contributed by atoms with Gasteiger partial charge in [-0.1, -0.05) is 36.4 Å². The molecule has 0 aliphatic carbocycles. The second kappa shape index (κ2) is 14.6. The monoisotopic (exact) mass is 697 g/mol. The van der Waals surface area contributed by atoms with Crippen LogP contribution in [0.5, 0.6) is 17.2 Å². The van der Waals surface area contributed by atoms with Crippen molar-refractivity contribution in [2.45, 2.75) is 12.3 Å². The molecule has 1 atom stereocenters. The molecule has 0 spiro atoms. The Hall–Kier alpha value is -6.37. The number of nitrogens with two attached hydrogens (primary N) is 1. The first-order valence-electron chi connectivity index (χ1n) is 15.5. The minimum atomic E-state index is -4.59. The van der Waals surface area contributed by atoms with Crippen LogP contribution in [0.2, 0.25) is 0 Å². The number of nitrogens with one attached hydrogen (secondary N) is 1. The van der Waals surface area contributed by atoms with E-state index in [0.29, 0.717) is 34.1 Å². The van der Waals surface area contributed by atoms with Crippen molar-refractivity contribution in [1.82, 2.24) is 14.9 Å². The van der Waals surface area contributed by atoms with Crippen molar-refractivity contribution in [3.8, 4) is 39.6 Å². The van der Waals surface area contributed by atoms with Gasteiger partial charge in [0.25, 0.3) is 5.91 Å². The van der Waals surface area contributed by atoms with E-state index in [-0.39, 0.29) is 22.7 Å². The highest BCUT2D eigenvalue weighted by atomic mass is 19.4. The van der Waals surface area contributed by atoms with Gasteiger partial charge in [0.05, 0.1) is 37.4 Å². The third kappa shape index (κ3) is 8.10. The fourth-order valence-corrected chi connectivity index (χ4v) is 5.49. The third-order valence-electron chi connectivity index (χ3n) is 7.91. The summed E-state index contributed by atoms with van der Waals surface area (Å²) in [6.45, 7) is -1.37. The molecular formula is C38H31F4N5O4. The SMILES string of the molecule is COc1ccc(-c2cnc(N)c(-c3ccc(NC(=O)C4=CN(CC(F)(F)F)C=C(c5ccc(F)cc5)C4Oc4ccccc4)cn3)c2)cc1OC. The number of carbonyl (C=O) groups excluding carboxylic acids is 1. The van der Waals surface area contributed by atoms with E-state index in [2.05, 4.69) is 15.3 Å². The smallest absolute Gasteiger partial charge is 0.406 e. The molecule has 5 aromatic rings. The van der Waals surface area contributed by atoms with Crippen LogP contribution in [-0.2, 0) is 4.79 Å². The Labute approximate surface area is 290 Å². The van der Waals surface area contributed by atoms with Crippen molar-refractivity contribution in [2.24, 2.45) is 0 Å². The number of aromatic nitrogens is 2. The van der Waals surface area contributed by atoms with E-state index in [4.69, 9.17) is 19.9 Å². The summed E-state index contributed by atoms with van der Waals surface area (Å²) in [5.41, 5.74) is 9.48. The lowest BCUT2D eigenvalue weighted by Crippen LogP contribution is -2.37. The number of ether oxygens (including phenoxy) is 3. The zero-order valence-electron chi connectivity index (χ0n) is 27.3. The summed E-state index contributed by atoms with van der Waals surface area (Å²) in [4.78, 5) is 23.6. The molecule has 0 bridgehead atoms. The minimum absolute atomic E-state index is 0.120. The van der Waals surface area contributed by atoms with E-state index < -0.39 is 30.5 Å². The van der Waals surface area contributed by atoms with E-state index in [1.165, 1.54) is 36.7 Å². The predicted octanol–water partition coefficient (Wildman–Crippen LogP) is 7.74. The Kier molecular flexibility index (Phi) is 9.89.